The number of ether oxygens (including phenoxy) is 2. The van der Waals surface area contributed by atoms with Gasteiger partial charge in [-0.1, -0.05) is 60.8 Å². The van der Waals surface area contributed by atoms with Crippen LogP contribution in [0.15, 0.2) is 0 Å². The molecule has 0 bridgehead atoms. The molecule has 0 aliphatic carbocycles. The molecule has 0 amide bonds. The zero-order chi connectivity index (χ0) is 17.9. The Morgan fingerprint density at radius 2 is 1.35 bits per heavy atom. The molecule has 0 aromatic rings. The van der Waals surface area contributed by atoms with Gasteiger partial charge in [0, 0.05) is 0 Å². The van der Waals surface area contributed by atoms with Gasteiger partial charge in [0.25, 0.3) is 0 Å². The quantitative estimate of drug-likeness (QED) is 0.295. The van der Waals surface area contributed by atoms with Gasteiger partial charge in [-0.05, 0) is 31.1 Å². The van der Waals surface area contributed by atoms with E-state index in [1.165, 1.54) is 0 Å². The van der Waals surface area contributed by atoms with Crippen LogP contribution < -0.4 is 0 Å². The molecule has 0 saturated heterocycles. The Kier molecular flexibility index (Phi) is 10.9. The van der Waals surface area contributed by atoms with Crippen molar-refractivity contribution in [1.82, 2.24) is 0 Å². The van der Waals surface area contributed by atoms with Gasteiger partial charge in [-0.2, -0.15) is 0 Å². The molecular weight excluding hydrogens is 292 g/mol. The van der Waals surface area contributed by atoms with E-state index in [4.69, 9.17) is 9.47 Å². The van der Waals surface area contributed by atoms with Crippen molar-refractivity contribution in [3.05, 3.63) is 0 Å². The zero-order valence-electron chi connectivity index (χ0n) is 15.9. The van der Waals surface area contributed by atoms with Crippen LogP contribution in [0.1, 0.15) is 80.1 Å². The maximum Gasteiger partial charge on any atom is 0.323 e. The number of carbonyl (C=O) groups is 2. The Hall–Kier alpha value is -1.06. The first-order chi connectivity index (χ1) is 10.8. The molecule has 0 saturated carbocycles. The minimum Gasteiger partial charge on any atom is -0.465 e. The molecule has 0 aromatic heterocycles. The van der Waals surface area contributed by atoms with Gasteiger partial charge in [-0.25, -0.2) is 0 Å². The van der Waals surface area contributed by atoms with Crippen LogP contribution in [0.3, 0.4) is 0 Å². The van der Waals surface area contributed by atoms with Crippen molar-refractivity contribution < 1.29 is 19.1 Å². The van der Waals surface area contributed by atoms with Crippen molar-refractivity contribution in [1.29, 1.82) is 0 Å². The second-order valence-electron chi connectivity index (χ2n) is 7.04. The van der Waals surface area contributed by atoms with E-state index in [1.54, 1.807) is 0 Å². The number of esters is 2. The molecule has 0 aliphatic heterocycles. The largest absolute Gasteiger partial charge is 0.465 e. The first kappa shape index (κ1) is 21.9. The van der Waals surface area contributed by atoms with E-state index in [1.807, 2.05) is 27.7 Å². The third-order valence-electron chi connectivity index (χ3n) is 4.19. The van der Waals surface area contributed by atoms with Crippen molar-refractivity contribution in [3.8, 4) is 0 Å². The lowest BCUT2D eigenvalue weighted by atomic mass is 9.73. The van der Waals surface area contributed by atoms with Gasteiger partial charge in [0.15, 0.2) is 5.41 Å². The molecule has 0 aliphatic rings. The number of hydrogen-bond donors (Lipinski definition) is 0. The molecule has 0 unspecified atom stereocenters. The highest BCUT2D eigenvalue weighted by molar-refractivity contribution is 6.00. The molecule has 0 aromatic carbocycles. The third kappa shape index (κ3) is 6.92. The van der Waals surface area contributed by atoms with Gasteiger partial charge in [0.05, 0.1) is 13.2 Å². The summed E-state index contributed by atoms with van der Waals surface area (Å²) in [4.78, 5) is 25.4. The number of carbonyl (C=O) groups excluding carboxylic acids is 2. The first-order valence-electron chi connectivity index (χ1n) is 9.17. The van der Waals surface area contributed by atoms with Gasteiger partial charge in [0.1, 0.15) is 0 Å². The minimum absolute atomic E-state index is 0.143. The molecule has 0 radical (unpaired) electrons. The van der Waals surface area contributed by atoms with Crippen molar-refractivity contribution in [2.45, 2.75) is 80.1 Å². The molecule has 4 heteroatoms. The molecule has 0 fully saturated rings. The van der Waals surface area contributed by atoms with Gasteiger partial charge in [-0.15, -0.1) is 0 Å². The van der Waals surface area contributed by atoms with Crippen molar-refractivity contribution >= 4 is 11.9 Å². The van der Waals surface area contributed by atoms with Gasteiger partial charge in [0.2, 0.25) is 0 Å². The normalized spacial score (nSPS) is 11.8. The van der Waals surface area contributed by atoms with E-state index in [9.17, 15) is 9.59 Å². The highest BCUT2D eigenvalue weighted by atomic mass is 16.6. The van der Waals surface area contributed by atoms with Crippen LogP contribution in [0.2, 0.25) is 0 Å². The molecule has 136 valence electrons. The molecule has 0 N–H and O–H groups in total. The summed E-state index contributed by atoms with van der Waals surface area (Å²) in [6.07, 6.45) is 4.94. The summed E-state index contributed by atoms with van der Waals surface area (Å²) < 4.78 is 10.7. The van der Waals surface area contributed by atoms with E-state index in [2.05, 4.69) is 13.8 Å². The number of rotatable bonds is 12. The smallest absolute Gasteiger partial charge is 0.323 e. The van der Waals surface area contributed by atoms with Crippen LogP contribution in [0.5, 0.6) is 0 Å². The highest BCUT2D eigenvalue weighted by Crippen LogP contribution is 2.37. The topological polar surface area (TPSA) is 52.6 Å². The second-order valence-corrected chi connectivity index (χ2v) is 7.04. The zero-order valence-corrected chi connectivity index (χ0v) is 15.9. The number of unbranched alkanes of at least 4 members (excludes halogenated alkanes) is 1. The lowest BCUT2D eigenvalue weighted by Crippen LogP contribution is -2.46. The molecule has 0 atom stereocenters. The van der Waals surface area contributed by atoms with E-state index in [-0.39, 0.29) is 5.92 Å². The molecular formula is C19H36O4. The standard InChI is InChI=1S/C19H36O4/c1-7-13-22-17(20)19(16(5)6,18(21)23-14-8-2)12-10-9-11-15(3)4/h15-16H,7-14H2,1-6H3. The summed E-state index contributed by atoms with van der Waals surface area (Å²) in [6, 6.07) is 0. The Balaban J connectivity index is 5.16. The maximum atomic E-state index is 12.7. The molecule has 0 spiro atoms. The molecule has 23 heavy (non-hydrogen) atoms. The van der Waals surface area contributed by atoms with Crippen LogP contribution in [0.25, 0.3) is 0 Å². The van der Waals surface area contributed by atoms with E-state index >= 15 is 0 Å². The monoisotopic (exact) mass is 328 g/mol. The Bertz CT molecular complexity index is 327. The Morgan fingerprint density at radius 3 is 1.70 bits per heavy atom. The van der Waals surface area contributed by atoms with E-state index in [0.29, 0.717) is 25.6 Å². The van der Waals surface area contributed by atoms with Crippen LogP contribution in [-0.4, -0.2) is 25.2 Å². The average Bonchev–Trinajstić information content (AvgIpc) is 2.49. The lowest BCUT2D eigenvalue weighted by Gasteiger charge is -2.33. The van der Waals surface area contributed by atoms with Gasteiger partial charge in [-0.3, -0.25) is 9.59 Å². The van der Waals surface area contributed by atoms with E-state index < -0.39 is 17.4 Å². The Morgan fingerprint density at radius 1 is 0.870 bits per heavy atom. The summed E-state index contributed by atoms with van der Waals surface area (Å²) in [5.41, 5.74) is -1.17. The Labute approximate surface area is 142 Å². The van der Waals surface area contributed by atoms with Gasteiger partial charge < -0.3 is 9.47 Å². The highest BCUT2D eigenvalue weighted by Gasteiger charge is 2.50. The second kappa shape index (κ2) is 11.5. The predicted octanol–water partition coefficient (Wildman–Crippen LogP) is 4.75. The van der Waals surface area contributed by atoms with Crippen LogP contribution in [0, 0.1) is 17.3 Å². The van der Waals surface area contributed by atoms with Crippen LogP contribution in [-0.2, 0) is 19.1 Å². The summed E-state index contributed by atoms with van der Waals surface area (Å²) in [5.74, 6) is -0.349. The SMILES string of the molecule is CCCOC(=O)C(CCCCC(C)C)(C(=O)OCCC)C(C)C. The summed E-state index contributed by atoms with van der Waals surface area (Å²) in [6.45, 7) is 12.8. The maximum absolute atomic E-state index is 12.7. The molecule has 0 heterocycles. The fourth-order valence-corrected chi connectivity index (χ4v) is 2.65. The average molecular weight is 328 g/mol. The third-order valence-corrected chi connectivity index (χ3v) is 4.19. The van der Waals surface area contributed by atoms with Crippen LogP contribution >= 0.6 is 0 Å². The van der Waals surface area contributed by atoms with Gasteiger partial charge >= 0.3 is 11.9 Å². The van der Waals surface area contributed by atoms with Crippen molar-refractivity contribution in [3.63, 3.8) is 0 Å². The van der Waals surface area contributed by atoms with Crippen molar-refractivity contribution in [2.75, 3.05) is 13.2 Å². The van der Waals surface area contributed by atoms with Crippen LogP contribution in [0.4, 0.5) is 0 Å². The summed E-state index contributed by atoms with van der Waals surface area (Å²) in [5, 5.41) is 0. The predicted molar refractivity (Wildman–Crippen MR) is 93.1 cm³/mol. The minimum atomic E-state index is -1.17. The summed E-state index contributed by atoms with van der Waals surface area (Å²) in [7, 11) is 0. The summed E-state index contributed by atoms with van der Waals surface area (Å²) >= 11 is 0. The molecule has 0 rings (SSSR count). The van der Waals surface area contributed by atoms with E-state index in [0.717, 1.165) is 32.1 Å². The fraction of sp³-hybridized carbons (Fsp3) is 0.895. The van der Waals surface area contributed by atoms with Crippen molar-refractivity contribution in [2.24, 2.45) is 17.3 Å². The lowest BCUT2D eigenvalue weighted by molar-refractivity contribution is -0.177. The number of hydrogen-bond acceptors (Lipinski definition) is 4. The first-order valence-corrected chi connectivity index (χ1v) is 9.17. The fourth-order valence-electron chi connectivity index (χ4n) is 2.65. The molecule has 4 nitrogen and oxygen atoms in total.